The monoisotopic (exact) mass is 399 g/mol. The van der Waals surface area contributed by atoms with Gasteiger partial charge < -0.3 is 5.11 Å². The third-order valence-electron chi connectivity index (χ3n) is 4.28. The quantitative estimate of drug-likeness (QED) is 0.807. The molecule has 2 aromatic rings. The summed E-state index contributed by atoms with van der Waals surface area (Å²) in [6.07, 6.45) is 2.02. The number of carbonyl (C=O) groups excluding carboxylic acids is 1. The van der Waals surface area contributed by atoms with Gasteiger partial charge in [-0.25, -0.2) is 8.42 Å². The lowest BCUT2D eigenvalue weighted by atomic mass is 10.0. The van der Waals surface area contributed by atoms with Gasteiger partial charge in [0.25, 0.3) is 10.0 Å². The average Bonchev–Trinajstić information content (AvgIpc) is 3.23. The lowest BCUT2D eigenvalue weighted by Gasteiger charge is -2.22. The van der Waals surface area contributed by atoms with Crippen molar-refractivity contribution >= 4 is 38.7 Å². The van der Waals surface area contributed by atoms with Gasteiger partial charge in [-0.1, -0.05) is 23.7 Å². The number of aryl methyl sites for hydroxylation is 1. The maximum atomic E-state index is 12.8. The molecule has 1 aliphatic rings. The van der Waals surface area contributed by atoms with Gasteiger partial charge in [0, 0.05) is 13.0 Å². The van der Waals surface area contributed by atoms with Crippen molar-refractivity contribution in [2.45, 2.75) is 35.9 Å². The summed E-state index contributed by atoms with van der Waals surface area (Å²) in [7, 11) is -3.69. The Labute approximate surface area is 155 Å². The number of ketones is 1. The Morgan fingerprint density at radius 3 is 2.60 bits per heavy atom. The fourth-order valence-corrected chi connectivity index (χ4v) is 6.29. The Bertz CT molecular complexity index is 861. The van der Waals surface area contributed by atoms with Crippen LogP contribution in [-0.4, -0.2) is 36.2 Å². The second-order valence-corrected chi connectivity index (χ2v) is 9.80. The van der Waals surface area contributed by atoms with Gasteiger partial charge in [-0.05, 0) is 49.1 Å². The largest absolute Gasteiger partial charge is 0.508 e. The average molecular weight is 400 g/mol. The summed E-state index contributed by atoms with van der Waals surface area (Å²) in [4.78, 5) is 12.6. The topological polar surface area (TPSA) is 74.7 Å². The van der Waals surface area contributed by atoms with Gasteiger partial charge in [-0.2, -0.15) is 4.31 Å². The van der Waals surface area contributed by atoms with E-state index in [1.165, 1.54) is 10.4 Å². The number of benzene rings is 1. The number of phenolic OH excluding ortho intramolecular Hbond substituents is 1. The van der Waals surface area contributed by atoms with Crippen molar-refractivity contribution in [3.05, 3.63) is 46.3 Å². The van der Waals surface area contributed by atoms with Gasteiger partial charge in [0.15, 0.2) is 5.78 Å². The van der Waals surface area contributed by atoms with Crippen molar-refractivity contribution in [1.29, 1.82) is 0 Å². The fourth-order valence-electron chi connectivity index (χ4n) is 3.00. The number of hydrogen-bond acceptors (Lipinski definition) is 5. The molecule has 1 N–H and O–H groups in total. The molecule has 5 nitrogen and oxygen atoms in total. The molecule has 1 atom stereocenters. The van der Waals surface area contributed by atoms with Crippen LogP contribution in [0, 0.1) is 0 Å². The van der Waals surface area contributed by atoms with Crippen molar-refractivity contribution in [2.24, 2.45) is 0 Å². The van der Waals surface area contributed by atoms with Crippen LogP contribution in [0.15, 0.2) is 40.6 Å². The van der Waals surface area contributed by atoms with E-state index in [1.807, 2.05) is 0 Å². The zero-order chi connectivity index (χ0) is 18.0. The smallest absolute Gasteiger partial charge is 0.253 e. The molecule has 1 aliphatic heterocycles. The Balaban J connectivity index is 1.70. The highest BCUT2D eigenvalue weighted by Crippen LogP contribution is 2.32. The van der Waals surface area contributed by atoms with Gasteiger partial charge in [-0.3, -0.25) is 4.79 Å². The van der Waals surface area contributed by atoms with Crippen molar-refractivity contribution in [3.8, 4) is 5.75 Å². The second-order valence-electron chi connectivity index (χ2n) is 5.97. The number of hydrogen-bond donors (Lipinski definition) is 1. The van der Waals surface area contributed by atoms with Gasteiger partial charge in [0.05, 0.1) is 10.4 Å². The first-order valence-electron chi connectivity index (χ1n) is 7.96. The summed E-state index contributed by atoms with van der Waals surface area (Å²) in [5, 5.41) is 9.29. The van der Waals surface area contributed by atoms with Gasteiger partial charge in [0.2, 0.25) is 0 Å². The maximum Gasteiger partial charge on any atom is 0.253 e. The SMILES string of the molecule is O=C(CCc1ccc(O)cc1)[C@@H]1CCCN1S(=O)(=O)c1ccc(Cl)s1. The zero-order valence-electron chi connectivity index (χ0n) is 13.4. The van der Waals surface area contributed by atoms with E-state index in [1.54, 1.807) is 30.3 Å². The number of phenols is 1. The molecule has 0 radical (unpaired) electrons. The number of rotatable bonds is 6. The molecule has 0 bridgehead atoms. The summed E-state index contributed by atoms with van der Waals surface area (Å²) in [6.45, 7) is 0.355. The molecule has 25 heavy (non-hydrogen) atoms. The molecular formula is C17H18ClNO4S2. The Morgan fingerprint density at radius 2 is 1.96 bits per heavy atom. The van der Waals surface area contributed by atoms with Crippen LogP contribution in [0.5, 0.6) is 5.75 Å². The van der Waals surface area contributed by atoms with E-state index in [-0.39, 0.29) is 22.2 Å². The molecule has 0 amide bonds. The van der Waals surface area contributed by atoms with Crippen LogP contribution < -0.4 is 0 Å². The predicted molar refractivity (Wildman–Crippen MR) is 97.7 cm³/mol. The standard InChI is InChI=1S/C17H18ClNO4S2/c18-16-9-10-17(24-16)25(22,23)19-11-1-2-14(19)15(21)8-5-12-3-6-13(20)7-4-12/h3-4,6-7,9-10,14,20H,1-2,5,8,11H2/t14-/m0/s1. The number of aromatic hydroxyl groups is 1. The summed E-state index contributed by atoms with van der Waals surface area (Å²) >= 11 is 6.86. The number of halogens is 1. The summed E-state index contributed by atoms with van der Waals surface area (Å²) in [5.41, 5.74) is 0.934. The number of nitrogens with zero attached hydrogens (tertiary/aromatic N) is 1. The lowest BCUT2D eigenvalue weighted by Crippen LogP contribution is -2.40. The van der Waals surface area contributed by atoms with E-state index < -0.39 is 16.1 Å². The lowest BCUT2D eigenvalue weighted by molar-refractivity contribution is -0.122. The molecule has 3 rings (SSSR count). The normalized spacial score (nSPS) is 18.5. The van der Waals surface area contributed by atoms with Crippen LogP contribution in [-0.2, 0) is 21.2 Å². The van der Waals surface area contributed by atoms with Gasteiger partial charge >= 0.3 is 0 Å². The molecule has 1 aromatic heterocycles. The minimum atomic E-state index is -3.69. The van der Waals surface area contributed by atoms with Crippen molar-refractivity contribution < 1.29 is 18.3 Å². The molecule has 0 unspecified atom stereocenters. The Morgan fingerprint density at radius 1 is 1.24 bits per heavy atom. The number of sulfonamides is 1. The van der Waals surface area contributed by atoms with E-state index in [0.29, 0.717) is 30.1 Å². The minimum Gasteiger partial charge on any atom is -0.508 e. The molecule has 0 aliphatic carbocycles. The van der Waals surface area contributed by atoms with Crippen molar-refractivity contribution in [2.75, 3.05) is 6.54 Å². The molecule has 1 aromatic carbocycles. The van der Waals surface area contributed by atoms with Crippen LogP contribution >= 0.6 is 22.9 Å². The molecular weight excluding hydrogens is 382 g/mol. The summed E-state index contributed by atoms with van der Waals surface area (Å²) < 4.78 is 27.4. The summed E-state index contributed by atoms with van der Waals surface area (Å²) in [6, 6.07) is 9.11. The highest BCUT2D eigenvalue weighted by Gasteiger charge is 2.39. The second kappa shape index (κ2) is 7.45. The van der Waals surface area contributed by atoms with Crippen LogP contribution in [0.3, 0.4) is 0 Å². The van der Waals surface area contributed by atoms with Gasteiger partial charge in [-0.15, -0.1) is 11.3 Å². The van der Waals surface area contributed by atoms with Crippen molar-refractivity contribution in [3.63, 3.8) is 0 Å². The molecule has 1 fully saturated rings. The van der Waals surface area contributed by atoms with Crippen LogP contribution in [0.1, 0.15) is 24.8 Å². The first kappa shape index (κ1) is 18.4. The minimum absolute atomic E-state index is 0.0724. The Kier molecular flexibility index (Phi) is 5.48. The van der Waals surface area contributed by atoms with Crippen molar-refractivity contribution in [1.82, 2.24) is 4.31 Å². The van der Waals surface area contributed by atoms with Crippen LogP contribution in [0.2, 0.25) is 4.34 Å². The number of thiophene rings is 1. The van der Waals surface area contributed by atoms with E-state index in [9.17, 15) is 18.3 Å². The first-order chi connectivity index (χ1) is 11.9. The van der Waals surface area contributed by atoms with E-state index in [2.05, 4.69) is 0 Å². The first-order valence-corrected chi connectivity index (χ1v) is 10.6. The van der Waals surface area contributed by atoms with Crippen LogP contribution in [0.25, 0.3) is 0 Å². The molecule has 0 spiro atoms. The molecule has 1 saturated heterocycles. The third-order valence-corrected chi connectivity index (χ3v) is 7.89. The third kappa shape index (κ3) is 4.06. The molecule has 8 heteroatoms. The predicted octanol–water partition coefficient (Wildman–Crippen LogP) is 3.46. The van der Waals surface area contributed by atoms with E-state index in [4.69, 9.17) is 11.6 Å². The van der Waals surface area contributed by atoms with Crippen LogP contribution in [0.4, 0.5) is 0 Å². The van der Waals surface area contributed by atoms with Gasteiger partial charge in [0.1, 0.15) is 9.96 Å². The highest BCUT2D eigenvalue weighted by atomic mass is 35.5. The number of carbonyl (C=O) groups is 1. The van der Waals surface area contributed by atoms with E-state index in [0.717, 1.165) is 16.9 Å². The zero-order valence-corrected chi connectivity index (χ0v) is 15.8. The molecule has 0 saturated carbocycles. The van der Waals surface area contributed by atoms with E-state index >= 15 is 0 Å². The number of Topliss-reactive ketones (excluding diaryl/α,β-unsaturated/α-hetero) is 1. The Hall–Kier alpha value is -1.41. The fraction of sp³-hybridized carbons (Fsp3) is 0.353. The molecule has 2 heterocycles. The highest BCUT2D eigenvalue weighted by molar-refractivity contribution is 7.91. The molecule has 134 valence electrons. The maximum absolute atomic E-state index is 12.8. The summed E-state index contributed by atoms with van der Waals surface area (Å²) in [5.74, 6) is 0.106.